The van der Waals surface area contributed by atoms with Crippen LogP contribution in [0.4, 0.5) is 15.5 Å². The molecule has 1 aliphatic rings. The summed E-state index contributed by atoms with van der Waals surface area (Å²) in [6.07, 6.45) is 0.989. The molecule has 0 saturated carbocycles. The van der Waals surface area contributed by atoms with Gasteiger partial charge in [-0.3, -0.25) is 19.8 Å². The number of nitrogens with zero attached hydrogens (tertiary/aromatic N) is 2. The summed E-state index contributed by atoms with van der Waals surface area (Å²) in [4.78, 5) is 37.0. The van der Waals surface area contributed by atoms with Crippen LogP contribution in [0.15, 0.2) is 24.3 Å². The lowest BCUT2D eigenvalue weighted by atomic mass is 10.1. The van der Waals surface area contributed by atoms with E-state index in [1.54, 1.807) is 7.05 Å². The lowest BCUT2D eigenvalue weighted by molar-refractivity contribution is -0.125. The summed E-state index contributed by atoms with van der Waals surface area (Å²) in [5, 5.41) is 5.83. The summed E-state index contributed by atoms with van der Waals surface area (Å²) in [5.41, 5.74) is 7.67. The monoisotopic (exact) mass is 359 g/mol. The molecule has 0 spiro atoms. The highest BCUT2D eigenvalue weighted by Crippen LogP contribution is 2.33. The molecule has 2 heterocycles. The molecule has 0 unspecified atom stereocenters. The Morgan fingerprint density at radius 3 is 2.56 bits per heavy atom. The van der Waals surface area contributed by atoms with Crippen molar-refractivity contribution in [3.8, 4) is 11.3 Å². The van der Waals surface area contributed by atoms with E-state index in [0.717, 1.165) is 22.1 Å². The molecule has 1 fully saturated rings. The number of likely N-dealkylation sites (tertiary alicyclic amines) is 1. The number of rotatable bonds is 4. The predicted octanol–water partition coefficient (Wildman–Crippen LogP) is 2.10. The van der Waals surface area contributed by atoms with Crippen LogP contribution < -0.4 is 16.4 Å². The Kier molecular flexibility index (Phi) is 4.66. The standard InChI is InChI=1S/C16H17N5O3S/c1-18-10-6-4-9(5-7-10)13-12(14(17)23)15(25-20-13)19-16(24)21-8-2-3-11(21)22/h4-7,18H,2-3,8H2,1H3,(H2,17,23)(H,19,24). The minimum Gasteiger partial charge on any atom is -0.388 e. The molecule has 25 heavy (non-hydrogen) atoms. The number of carbonyl (C=O) groups is 3. The predicted molar refractivity (Wildman–Crippen MR) is 95.6 cm³/mol. The van der Waals surface area contributed by atoms with E-state index in [1.807, 2.05) is 24.3 Å². The van der Waals surface area contributed by atoms with Crippen molar-refractivity contribution < 1.29 is 14.4 Å². The Labute approximate surface area is 148 Å². The first-order valence-corrected chi connectivity index (χ1v) is 8.47. The third kappa shape index (κ3) is 3.31. The fourth-order valence-corrected chi connectivity index (χ4v) is 3.42. The summed E-state index contributed by atoms with van der Waals surface area (Å²) in [5.74, 6) is -0.921. The van der Waals surface area contributed by atoms with Crippen LogP contribution in [0, 0.1) is 0 Å². The molecule has 3 rings (SSSR count). The van der Waals surface area contributed by atoms with Crippen LogP contribution >= 0.6 is 11.5 Å². The van der Waals surface area contributed by atoms with E-state index in [2.05, 4.69) is 15.0 Å². The largest absolute Gasteiger partial charge is 0.388 e. The summed E-state index contributed by atoms with van der Waals surface area (Å²) in [6.45, 7) is 0.369. The quantitative estimate of drug-likeness (QED) is 0.773. The molecule has 130 valence electrons. The maximum Gasteiger partial charge on any atom is 0.329 e. The van der Waals surface area contributed by atoms with Crippen molar-refractivity contribution >= 4 is 40.1 Å². The average Bonchev–Trinajstić information content (AvgIpc) is 3.21. The van der Waals surface area contributed by atoms with E-state index in [-0.39, 0.29) is 16.5 Å². The number of nitrogens with two attached hydrogens (primary N) is 1. The minimum absolute atomic E-state index is 0.141. The van der Waals surface area contributed by atoms with E-state index >= 15 is 0 Å². The molecule has 9 heteroatoms. The number of benzene rings is 1. The number of carbonyl (C=O) groups excluding carboxylic acids is 3. The highest BCUT2D eigenvalue weighted by atomic mass is 32.1. The number of primary amides is 1. The first kappa shape index (κ1) is 16.9. The van der Waals surface area contributed by atoms with E-state index in [1.165, 1.54) is 0 Å². The van der Waals surface area contributed by atoms with Crippen LogP contribution in [0.3, 0.4) is 0 Å². The molecule has 4 N–H and O–H groups in total. The molecule has 2 aromatic rings. The molecule has 4 amide bonds. The van der Waals surface area contributed by atoms with Gasteiger partial charge in [-0.2, -0.15) is 4.37 Å². The van der Waals surface area contributed by atoms with Crippen LogP contribution in [0.2, 0.25) is 0 Å². The molecule has 8 nitrogen and oxygen atoms in total. The van der Waals surface area contributed by atoms with E-state index in [0.29, 0.717) is 30.6 Å². The second kappa shape index (κ2) is 6.89. The molecule has 0 bridgehead atoms. The smallest absolute Gasteiger partial charge is 0.329 e. The van der Waals surface area contributed by atoms with Crippen LogP contribution in [-0.4, -0.2) is 40.7 Å². The Hall–Kier alpha value is -2.94. The fraction of sp³-hybridized carbons (Fsp3) is 0.250. The van der Waals surface area contributed by atoms with Crippen molar-refractivity contribution in [2.24, 2.45) is 5.73 Å². The van der Waals surface area contributed by atoms with Crippen LogP contribution in [-0.2, 0) is 4.79 Å². The van der Waals surface area contributed by atoms with Crippen molar-refractivity contribution in [3.05, 3.63) is 29.8 Å². The zero-order valence-electron chi connectivity index (χ0n) is 13.5. The number of amides is 4. The van der Waals surface area contributed by atoms with Gasteiger partial charge in [0.05, 0.1) is 5.69 Å². The maximum absolute atomic E-state index is 12.2. The van der Waals surface area contributed by atoms with Gasteiger partial charge in [0.2, 0.25) is 5.91 Å². The summed E-state index contributed by atoms with van der Waals surface area (Å²) in [7, 11) is 1.81. The number of anilines is 2. The van der Waals surface area contributed by atoms with Gasteiger partial charge in [0.1, 0.15) is 10.6 Å². The van der Waals surface area contributed by atoms with Crippen molar-refractivity contribution in [2.75, 3.05) is 24.2 Å². The summed E-state index contributed by atoms with van der Waals surface area (Å²) < 4.78 is 4.26. The van der Waals surface area contributed by atoms with Crippen molar-refractivity contribution in [1.82, 2.24) is 9.27 Å². The minimum atomic E-state index is -0.690. The number of imide groups is 1. The fourth-order valence-electron chi connectivity index (χ4n) is 2.62. The van der Waals surface area contributed by atoms with Gasteiger partial charge in [-0.05, 0) is 30.1 Å². The summed E-state index contributed by atoms with van der Waals surface area (Å²) >= 11 is 0.961. The molecule has 1 aromatic heterocycles. The van der Waals surface area contributed by atoms with E-state index in [9.17, 15) is 14.4 Å². The molecular formula is C16H17N5O3S. The van der Waals surface area contributed by atoms with Crippen LogP contribution in [0.5, 0.6) is 0 Å². The van der Waals surface area contributed by atoms with Gasteiger partial charge in [-0.25, -0.2) is 4.79 Å². The number of nitrogens with one attached hydrogen (secondary N) is 2. The van der Waals surface area contributed by atoms with Gasteiger partial charge < -0.3 is 11.1 Å². The number of urea groups is 1. The maximum atomic E-state index is 12.2. The van der Waals surface area contributed by atoms with Gasteiger partial charge in [0, 0.05) is 31.3 Å². The Morgan fingerprint density at radius 1 is 1.28 bits per heavy atom. The van der Waals surface area contributed by atoms with E-state index in [4.69, 9.17) is 5.73 Å². The van der Waals surface area contributed by atoms with Gasteiger partial charge in [-0.1, -0.05) is 12.1 Å². The van der Waals surface area contributed by atoms with Gasteiger partial charge >= 0.3 is 6.03 Å². The number of hydrogen-bond donors (Lipinski definition) is 3. The van der Waals surface area contributed by atoms with Crippen molar-refractivity contribution in [1.29, 1.82) is 0 Å². The molecule has 0 radical (unpaired) electrons. The first-order valence-electron chi connectivity index (χ1n) is 7.70. The Balaban J connectivity index is 1.90. The third-order valence-corrected chi connectivity index (χ3v) is 4.69. The number of aromatic nitrogens is 1. The van der Waals surface area contributed by atoms with Crippen molar-refractivity contribution in [3.63, 3.8) is 0 Å². The van der Waals surface area contributed by atoms with Crippen molar-refractivity contribution in [2.45, 2.75) is 12.8 Å². The lowest BCUT2D eigenvalue weighted by Crippen LogP contribution is -2.35. The Morgan fingerprint density at radius 2 is 2.00 bits per heavy atom. The van der Waals surface area contributed by atoms with Gasteiger partial charge in [0.25, 0.3) is 5.91 Å². The van der Waals surface area contributed by atoms with E-state index < -0.39 is 11.9 Å². The Bertz CT molecular complexity index is 831. The second-order valence-corrected chi connectivity index (χ2v) is 6.28. The molecule has 0 atom stereocenters. The third-order valence-electron chi connectivity index (χ3n) is 3.92. The summed E-state index contributed by atoms with van der Waals surface area (Å²) in [6, 6.07) is 6.75. The zero-order valence-corrected chi connectivity index (χ0v) is 14.4. The molecule has 1 aliphatic heterocycles. The molecule has 0 aliphatic carbocycles. The van der Waals surface area contributed by atoms with Gasteiger partial charge in [0.15, 0.2) is 0 Å². The highest BCUT2D eigenvalue weighted by molar-refractivity contribution is 7.11. The van der Waals surface area contributed by atoms with Crippen LogP contribution in [0.1, 0.15) is 23.2 Å². The van der Waals surface area contributed by atoms with Crippen LogP contribution in [0.25, 0.3) is 11.3 Å². The lowest BCUT2D eigenvalue weighted by Gasteiger charge is -2.14. The second-order valence-electron chi connectivity index (χ2n) is 5.51. The topological polar surface area (TPSA) is 117 Å². The molecule has 1 aromatic carbocycles. The molecular weight excluding hydrogens is 342 g/mol. The number of hydrogen-bond acceptors (Lipinski definition) is 6. The first-order chi connectivity index (χ1) is 12.0. The normalized spacial score (nSPS) is 13.8. The molecule has 1 saturated heterocycles. The zero-order chi connectivity index (χ0) is 18.0. The average molecular weight is 359 g/mol. The SMILES string of the molecule is CNc1ccc(-c2nsc(NC(=O)N3CCCC3=O)c2C(N)=O)cc1. The van der Waals surface area contributed by atoms with Gasteiger partial charge in [-0.15, -0.1) is 0 Å². The highest BCUT2D eigenvalue weighted by Gasteiger charge is 2.29.